The molecule has 11 heavy (non-hydrogen) atoms. The van der Waals surface area contributed by atoms with Crippen molar-refractivity contribution < 1.29 is 9.90 Å². The maximum Gasteiger partial charge on any atom is 0.305 e. The van der Waals surface area contributed by atoms with E-state index in [2.05, 4.69) is 5.32 Å². The van der Waals surface area contributed by atoms with Crippen LogP contribution in [0.1, 0.15) is 27.2 Å². The Morgan fingerprint density at radius 3 is 2.55 bits per heavy atom. The zero-order valence-corrected chi connectivity index (χ0v) is 7.22. The second-order valence-electron chi connectivity index (χ2n) is 3.10. The molecular weight excluding hydrogens is 142 g/mol. The second kappa shape index (κ2) is 4.01. The van der Waals surface area contributed by atoms with Crippen LogP contribution in [-0.4, -0.2) is 16.6 Å². The molecular formula is C8H15NO2. The molecule has 0 aromatic heterocycles. The van der Waals surface area contributed by atoms with Gasteiger partial charge in [-0.25, -0.2) is 0 Å². The minimum Gasteiger partial charge on any atom is -0.481 e. The lowest BCUT2D eigenvalue weighted by molar-refractivity contribution is -0.138. The summed E-state index contributed by atoms with van der Waals surface area (Å²) in [6, 6.07) is 0. The van der Waals surface area contributed by atoms with Crippen molar-refractivity contribution in [1.29, 1.82) is 0 Å². The van der Waals surface area contributed by atoms with Crippen molar-refractivity contribution in [3.63, 3.8) is 0 Å². The number of carboxylic acids is 1. The average Bonchev–Trinajstić information content (AvgIpc) is 1.81. The molecule has 0 heterocycles. The third-order valence-corrected chi connectivity index (χ3v) is 1.23. The van der Waals surface area contributed by atoms with Gasteiger partial charge in [-0.1, -0.05) is 6.08 Å². The predicted molar refractivity (Wildman–Crippen MR) is 44.3 cm³/mol. The Hall–Kier alpha value is -0.990. The van der Waals surface area contributed by atoms with Crippen LogP contribution in [0.15, 0.2) is 12.3 Å². The number of rotatable bonds is 4. The van der Waals surface area contributed by atoms with E-state index in [0.717, 1.165) is 0 Å². The van der Waals surface area contributed by atoms with Crippen LogP contribution in [0.3, 0.4) is 0 Å². The number of hydrogen-bond donors (Lipinski definition) is 2. The molecule has 0 atom stereocenters. The molecule has 0 radical (unpaired) electrons. The Morgan fingerprint density at radius 1 is 1.64 bits per heavy atom. The van der Waals surface area contributed by atoms with Crippen molar-refractivity contribution in [2.75, 3.05) is 0 Å². The number of hydrogen-bond acceptors (Lipinski definition) is 2. The molecule has 0 rings (SSSR count). The molecule has 0 aromatic rings. The second-order valence-corrected chi connectivity index (χ2v) is 3.10. The van der Waals surface area contributed by atoms with Crippen LogP contribution in [0.2, 0.25) is 0 Å². The monoisotopic (exact) mass is 157 g/mol. The molecule has 2 N–H and O–H groups in total. The van der Waals surface area contributed by atoms with Gasteiger partial charge in [0.2, 0.25) is 0 Å². The van der Waals surface area contributed by atoms with E-state index in [0.29, 0.717) is 0 Å². The fourth-order valence-electron chi connectivity index (χ4n) is 0.738. The van der Waals surface area contributed by atoms with Gasteiger partial charge in [0.15, 0.2) is 0 Å². The highest BCUT2D eigenvalue weighted by Crippen LogP contribution is 2.07. The summed E-state index contributed by atoms with van der Waals surface area (Å²) in [5.74, 6) is -0.785. The number of nitrogens with one attached hydrogen (secondary N) is 1. The molecule has 0 aliphatic carbocycles. The van der Waals surface area contributed by atoms with Gasteiger partial charge in [-0.15, -0.1) is 0 Å². The standard InChI is InChI=1S/C8H15NO2/c1-4-5-9-8(2,3)6-7(10)11/h4-5,9H,6H2,1-3H3,(H,10,11). The Morgan fingerprint density at radius 2 is 2.18 bits per heavy atom. The van der Waals surface area contributed by atoms with Crippen LogP contribution in [-0.2, 0) is 4.79 Å². The predicted octanol–water partition coefficient (Wildman–Crippen LogP) is 1.36. The lowest BCUT2D eigenvalue weighted by Crippen LogP contribution is -2.37. The lowest BCUT2D eigenvalue weighted by atomic mass is 10.0. The first-order chi connectivity index (χ1) is 4.98. The van der Waals surface area contributed by atoms with E-state index in [1.807, 2.05) is 26.8 Å². The minimum atomic E-state index is -0.785. The van der Waals surface area contributed by atoms with Gasteiger partial charge >= 0.3 is 5.97 Å². The lowest BCUT2D eigenvalue weighted by Gasteiger charge is -2.22. The fourth-order valence-corrected chi connectivity index (χ4v) is 0.738. The van der Waals surface area contributed by atoms with Crippen molar-refractivity contribution in [2.24, 2.45) is 0 Å². The Bertz CT molecular complexity index is 161. The molecule has 0 saturated heterocycles. The maximum atomic E-state index is 10.3. The Balaban J connectivity index is 3.89. The van der Waals surface area contributed by atoms with E-state index in [9.17, 15) is 4.79 Å². The molecule has 0 fully saturated rings. The van der Waals surface area contributed by atoms with Crippen molar-refractivity contribution in [3.8, 4) is 0 Å². The molecule has 0 aliphatic rings. The minimum absolute atomic E-state index is 0.122. The zero-order valence-electron chi connectivity index (χ0n) is 7.22. The molecule has 0 spiro atoms. The van der Waals surface area contributed by atoms with Crippen LogP contribution in [0.25, 0.3) is 0 Å². The summed E-state index contributed by atoms with van der Waals surface area (Å²) in [4.78, 5) is 10.3. The summed E-state index contributed by atoms with van der Waals surface area (Å²) in [6.07, 6.45) is 3.71. The number of carboxylic acid groups (broad SMARTS) is 1. The molecule has 0 saturated carbocycles. The van der Waals surface area contributed by atoms with Crippen LogP contribution in [0, 0.1) is 0 Å². The quantitative estimate of drug-likeness (QED) is 0.647. The van der Waals surface area contributed by atoms with E-state index in [-0.39, 0.29) is 12.0 Å². The van der Waals surface area contributed by atoms with Gasteiger partial charge in [0, 0.05) is 5.54 Å². The van der Waals surface area contributed by atoms with Crippen LogP contribution in [0.4, 0.5) is 0 Å². The summed E-state index contributed by atoms with van der Waals surface area (Å²) >= 11 is 0. The Labute approximate surface area is 67.1 Å². The first-order valence-corrected chi connectivity index (χ1v) is 3.58. The van der Waals surface area contributed by atoms with Gasteiger partial charge in [0.1, 0.15) is 0 Å². The number of allylic oxidation sites excluding steroid dienone is 1. The van der Waals surface area contributed by atoms with Crippen molar-refractivity contribution >= 4 is 5.97 Å². The summed E-state index contributed by atoms with van der Waals surface area (Å²) < 4.78 is 0. The van der Waals surface area contributed by atoms with Crippen molar-refractivity contribution in [3.05, 3.63) is 12.3 Å². The Kier molecular flexibility index (Phi) is 3.65. The topological polar surface area (TPSA) is 49.3 Å². The molecule has 0 bridgehead atoms. The largest absolute Gasteiger partial charge is 0.481 e. The van der Waals surface area contributed by atoms with Gasteiger partial charge in [-0.2, -0.15) is 0 Å². The molecule has 3 nitrogen and oxygen atoms in total. The van der Waals surface area contributed by atoms with Gasteiger partial charge in [0.05, 0.1) is 6.42 Å². The average molecular weight is 157 g/mol. The van der Waals surface area contributed by atoms with Gasteiger partial charge in [0.25, 0.3) is 0 Å². The van der Waals surface area contributed by atoms with Crippen molar-refractivity contribution in [1.82, 2.24) is 5.32 Å². The number of aliphatic carboxylic acids is 1. The molecule has 0 aliphatic heterocycles. The SMILES string of the molecule is CC=CNC(C)(C)CC(=O)O. The van der Waals surface area contributed by atoms with E-state index in [1.54, 1.807) is 6.20 Å². The van der Waals surface area contributed by atoms with Crippen LogP contribution < -0.4 is 5.32 Å². The summed E-state index contributed by atoms with van der Waals surface area (Å²) in [6.45, 7) is 5.58. The normalized spacial score (nSPS) is 11.9. The van der Waals surface area contributed by atoms with Crippen LogP contribution >= 0.6 is 0 Å². The smallest absolute Gasteiger partial charge is 0.305 e. The molecule has 3 heteroatoms. The highest BCUT2D eigenvalue weighted by atomic mass is 16.4. The van der Waals surface area contributed by atoms with Gasteiger partial charge in [-0.05, 0) is 27.0 Å². The summed E-state index contributed by atoms with van der Waals surface area (Å²) in [5, 5.41) is 11.5. The highest BCUT2D eigenvalue weighted by molar-refractivity contribution is 5.68. The van der Waals surface area contributed by atoms with Gasteiger partial charge in [-0.3, -0.25) is 4.79 Å². The first-order valence-electron chi connectivity index (χ1n) is 3.58. The third kappa shape index (κ3) is 5.45. The van der Waals surface area contributed by atoms with E-state index in [4.69, 9.17) is 5.11 Å². The number of carbonyl (C=O) groups is 1. The summed E-state index contributed by atoms with van der Waals surface area (Å²) in [5.41, 5.74) is -0.363. The van der Waals surface area contributed by atoms with Crippen molar-refractivity contribution in [2.45, 2.75) is 32.7 Å². The van der Waals surface area contributed by atoms with E-state index < -0.39 is 5.97 Å². The van der Waals surface area contributed by atoms with E-state index in [1.165, 1.54) is 0 Å². The molecule has 64 valence electrons. The zero-order chi connectivity index (χ0) is 8.91. The molecule has 0 aromatic carbocycles. The fraction of sp³-hybridized carbons (Fsp3) is 0.625. The summed E-state index contributed by atoms with van der Waals surface area (Å²) in [7, 11) is 0. The highest BCUT2D eigenvalue weighted by Gasteiger charge is 2.18. The maximum absolute atomic E-state index is 10.3. The van der Waals surface area contributed by atoms with Crippen LogP contribution in [0.5, 0.6) is 0 Å². The first kappa shape index (κ1) is 10.0. The van der Waals surface area contributed by atoms with Gasteiger partial charge < -0.3 is 10.4 Å². The third-order valence-electron chi connectivity index (χ3n) is 1.23. The molecule has 0 unspecified atom stereocenters. The molecule has 0 amide bonds. The van der Waals surface area contributed by atoms with E-state index >= 15 is 0 Å².